The van der Waals surface area contributed by atoms with Crippen molar-refractivity contribution in [1.82, 2.24) is 0 Å². The van der Waals surface area contributed by atoms with Crippen molar-refractivity contribution >= 4 is 6.29 Å². The van der Waals surface area contributed by atoms with E-state index in [-0.39, 0.29) is 5.41 Å². The molecule has 1 nitrogen and oxygen atoms in total. The number of hydrogen-bond donors (Lipinski definition) is 0. The van der Waals surface area contributed by atoms with Crippen LogP contribution in [0.4, 0.5) is 0 Å². The second-order valence-corrected chi connectivity index (χ2v) is 4.91. The van der Waals surface area contributed by atoms with Crippen LogP contribution in [0.2, 0.25) is 0 Å². The number of rotatable bonds is 3. The molecular formula is C15H18O. The lowest BCUT2D eigenvalue weighted by molar-refractivity contribution is -0.116. The van der Waals surface area contributed by atoms with Gasteiger partial charge < -0.3 is 4.79 Å². The fourth-order valence-electron chi connectivity index (χ4n) is 2.62. The van der Waals surface area contributed by atoms with Crippen LogP contribution < -0.4 is 0 Å². The van der Waals surface area contributed by atoms with Crippen molar-refractivity contribution in [2.75, 3.05) is 0 Å². The summed E-state index contributed by atoms with van der Waals surface area (Å²) in [4.78, 5) is 11.4. The van der Waals surface area contributed by atoms with Crippen LogP contribution in [0.5, 0.6) is 0 Å². The zero-order valence-corrected chi connectivity index (χ0v) is 9.78. The predicted octanol–water partition coefficient (Wildman–Crippen LogP) is 3.54. The van der Waals surface area contributed by atoms with E-state index in [4.69, 9.17) is 0 Å². The summed E-state index contributed by atoms with van der Waals surface area (Å²) in [7, 11) is 0. The molecule has 0 aromatic heterocycles. The topological polar surface area (TPSA) is 17.1 Å². The first-order valence-electron chi connectivity index (χ1n) is 5.90. The lowest BCUT2D eigenvalue weighted by Crippen LogP contribution is -2.28. The summed E-state index contributed by atoms with van der Waals surface area (Å²) < 4.78 is 0. The van der Waals surface area contributed by atoms with Gasteiger partial charge in [0.15, 0.2) is 0 Å². The van der Waals surface area contributed by atoms with Crippen molar-refractivity contribution in [3.63, 3.8) is 0 Å². The molecule has 0 heterocycles. The lowest BCUT2D eigenvalue weighted by Gasteiger charge is -2.31. The fraction of sp³-hybridized carbons (Fsp3) is 0.400. The highest BCUT2D eigenvalue weighted by molar-refractivity contribution is 5.61. The van der Waals surface area contributed by atoms with E-state index in [9.17, 15) is 4.79 Å². The molecule has 1 heteroatoms. The summed E-state index contributed by atoms with van der Waals surface area (Å²) in [5.74, 6) is 0. The minimum Gasteiger partial charge on any atom is -0.303 e. The maximum atomic E-state index is 11.4. The molecule has 1 aromatic carbocycles. The number of benzene rings is 1. The van der Waals surface area contributed by atoms with E-state index in [0.29, 0.717) is 0 Å². The Hall–Kier alpha value is -1.37. The largest absolute Gasteiger partial charge is 0.303 e. The van der Waals surface area contributed by atoms with Gasteiger partial charge in [0.2, 0.25) is 0 Å². The smallest absolute Gasteiger partial charge is 0.126 e. The minimum absolute atomic E-state index is 0.153. The maximum Gasteiger partial charge on any atom is 0.126 e. The molecule has 0 N–H and O–H groups in total. The third kappa shape index (κ3) is 2.41. The Balaban J connectivity index is 2.17. The number of carbonyl (C=O) groups excluding carboxylic acids is 1. The molecule has 0 bridgehead atoms. The van der Waals surface area contributed by atoms with Gasteiger partial charge in [0.25, 0.3) is 0 Å². The SMILES string of the molecule is CC1=CCC[C@](C=O)(Cc2ccccc2)C1. The van der Waals surface area contributed by atoms with E-state index in [2.05, 4.69) is 25.1 Å². The highest BCUT2D eigenvalue weighted by Crippen LogP contribution is 2.37. The molecule has 1 aromatic rings. The van der Waals surface area contributed by atoms with E-state index < -0.39 is 0 Å². The van der Waals surface area contributed by atoms with Gasteiger partial charge in [-0.2, -0.15) is 0 Å². The van der Waals surface area contributed by atoms with E-state index in [1.807, 2.05) is 18.2 Å². The van der Waals surface area contributed by atoms with E-state index in [1.54, 1.807) is 0 Å². The first-order chi connectivity index (χ1) is 7.74. The van der Waals surface area contributed by atoms with E-state index >= 15 is 0 Å². The van der Waals surface area contributed by atoms with Crippen molar-refractivity contribution < 1.29 is 4.79 Å². The Morgan fingerprint density at radius 2 is 2.06 bits per heavy atom. The molecule has 1 aliphatic rings. The van der Waals surface area contributed by atoms with Gasteiger partial charge in [-0.05, 0) is 38.2 Å². The van der Waals surface area contributed by atoms with Crippen molar-refractivity contribution in [1.29, 1.82) is 0 Å². The van der Waals surface area contributed by atoms with Crippen molar-refractivity contribution in [2.45, 2.75) is 32.6 Å². The average Bonchev–Trinajstić information content (AvgIpc) is 2.30. The van der Waals surface area contributed by atoms with Gasteiger partial charge in [-0.3, -0.25) is 0 Å². The Kier molecular flexibility index (Phi) is 3.23. The van der Waals surface area contributed by atoms with Gasteiger partial charge in [0.1, 0.15) is 6.29 Å². The minimum atomic E-state index is -0.153. The molecule has 2 rings (SSSR count). The third-order valence-electron chi connectivity index (χ3n) is 3.41. The number of carbonyl (C=O) groups is 1. The van der Waals surface area contributed by atoms with Crippen LogP contribution in [-0.2, 0) is 11.2 Å². The third-order valence-corrected chi connectivity index (χ3v) is 3.41. The number of aldehydes is 1. The summed E-state index contributed by atoms with van der Waals surface area (Å²) in [5, 5.41) is 0. The summed E-state index contributed by atoms with van der Waals surface area (Å²) in [6, 6.07) is 10.3. The Bertz CT molecular complexity index is 391. The first-order valence-corrected chi connectivity index (χ1v) is 5.90. The standard InChI is InChI=1S/C15H18O/c1-13-6-5-9-15(10-13,12-16)11-14-7-3-2-4-8-14/h2-4,6-8,12H,5,9-11H2,1H3/t15-/m1/s1. The predicted molar refractivity (Wildman–Crippen MR) is 66.3 cm³/mol. The van der Waals surface area contributed by atoms with E-state index in [0.717, 1.165) is 25.7 Å². The summed E-state index contributed by atoms with van der Waals surface area (Å²) in [6.07, 6.45) is 7.26. The molecule has 0 saturated carbocycles. The molecule has 1 atom stereocenters. The van der Waals surface area contributed by atoms with Crippen LogP contribution in [0.3, 0.4) is 0 Å². The zero-order chi connectivity index (χ0) is 11.4. The molecular weight excluding hydrogens is 196 g/mol. The fourth-order valence-corrected chi connectivity index (χ4v) is 2.62. The van der Waals surface area contributed by atoms with Gasteiger partial charge >= 0.3 is 0 Å². The van der Waals surface area contributed by atoms with Gasteiger partial charge in [0.05, 0.1) is 0 Å². The van der Waals surface area contributed by atoms with Gasteiger partial charge in [-0.1, -0.05) is 42.0 Å². The molecule has 84 valence electrons. The average molecular weight is 214 g/mol. The quantitative estimate of drug-likeness (QED) is 0.555. The van der Waals surface area contributed by atoms with Gasteiger partial charge in [-0.25, -0.2) is 0 Å². The number of allylic oxidation sites excluding steroid dienone is 2. The van der Waals surface area contributed by atoms with E-state index in [1.165, 1.54) is 17.4 Å². The number of hydrogen-bond acceptors (Lipinski definition) is 1. The molecule has 0 fully saturated rings. The van der Waals surface area contributed by atoms with Crippen molar-refractivity contribution in [2.24, 2.45) is 5.41 Å². The molecule has 0 radical (unpaired) electrons. The maximum absolute atomic E-state index is 11.4. The summed E-state index contributed by atoms with van der Waals surface area (Å²) in [6.45, 7) is 2.13. The van der Waals surface area contributed by atoms with Crippen LogP contribution in [0.15, 0.2) is 42.0 Å². The molecule has 16 heavy (non-hydrogen) atoms. The Morgan fingerprint density at radius 3 is 2.69 bits per heavy atom. The van der Waals surface area contributed by atoms with Crippen molar-refractivity contribution in [3.05, 3.63) is 47.5 Å². The Morgan fingerprint density at radius 1 is 1.31 bits per heavy atom. The van der Waals surface area contributed by atoms with Crippen LogP contribution >= 0.6 is 0 Å². The second-order valence-electron chi connectivity index (χ2n) is 4.91. The monoisotopic (exact) mass is 214 g/mol. The van der Waals surface area contributed by atoms with Crippen molar-refractivity contribution in [3.8, 4) is 0 Å². The van der Waals surface area contributed by atoms with Gasteiger partial charge in [0, 0.05) is 5.41 Å². The lowest BCUT2D eigenvalue weighted by atomic mass is 9.72. The van der Waals surface area contributed by atoms with Crippen LogP contribution in [0.1, 0.15) is 31.7 Å². The van der Waals surface area contributed by atoms with Crippen LogP contribution in [0, 0.1) is 5.41 Å². The second kappa shape index (κ2) is 4.65. The first kappa shape index (κ1) is 11.1. The highest BCUT2D eigenvalue weighted by atomic mass is 16.1. The molecule has 0 unspecified atom stereocenters. The highest BCUT2D eigenvalue weighted by Gasteiger charge is 2.31. The van der Waals surface area contributed by atoms with Crippen LogP contribution in [-0.4, -0.2) is 6.29 Å². The zero-order valence-electron chi connectivity index (χ0n) is 9.78. The molecule has 0 aliphatic heterocycles. The summed E-state index contributed by atoms with van der Waals surface area (Å²) >= 11 is 0. The molecule has 0 amide bonds. The Labute approximate surface area is 97.2 Å². The van der Waals surface area contributed by atoms with Crippen LogP contribution in [0.25, 0.3) is 0 Å². The molecule has 0 saturated heterocycles. The van der Waals surface area contributed by atoms with Gasteiger partial charge in [-0.15, -0.1) is 0 Å². The molecule has 1 aliphatic carbocycles. The normalized spacial score (nSPS) is 24.9. The molecule has 0 spiro atoms. The summed E-state index contributed by atoms with van der Waals surface area (Å²) in [5.41, 5.74) is 2.47.